The predicted octanol–water partition coefficient (Wildman–Crippen LogP) is 3.81. The zero-order valence-corrected chi connectivity index (χ0v) is 17.4. The lowest BCUT2D eigenvalue weighted by Crippen LogP contribution is -2.14. The molecule has 2 N–H and O–H groups in total. The van der Waals surface area contributed by atoms with E-state index >= 15 is 0 Å². The van der Waals surface area contributed by atoms with Crippen molar-refractivity contribution in [1.82, 2.24) is 4.98 Å². The van der Waals surface area contributed by atoms with Crippen LogP contribution in [0.5, 0.6) is 17.2 Å². The monoisotopic (exact) mass is 418 g/mol. The Morgan fingerprint density at radius 2 is 1.97 bits per heavy atom. The molecule has 0 aliphatic carbocycles. The normalized spacial score (nSPS) is 10.3. The smallest absolute Gasteiger partial charge is 0.313 e. The zero-order chi connectivity index (χ0) is 22.4. The summed E-state index contributed by atoms with van der Waals surface area (Å²) in [4.78, 5) is 28.6. The van der Waals surface area contributed by atoms with Gasteiger partial charge in [0.05, 0.1) is 25.1 Å². The fraction of sp³-hybridized carbons (Fsp3) is 0.208. The molecule has 7 heteroatoms. The number of benzene rings is 1. The van der Waals surface area contributed by atoms with E-state index in [4.69, 9.17) is 9.47 Å². The summed E-state index contributed by atoms with van der Waals surface area (Å²) in [5.74, 6) is -0.318. The molecule has 1 amide bonds. The molecule has 0 bridgehead atoms. The Labute approximate surface area is 180 Å². The molecule has 0 fully saturated rings. The SMILES string of the molecule is COc1cc(CC(=O)Nc2ccnc(-c3cccc(OC(=O)C(C)C)c3)c2)c#cc1O. The standard InChI is InChI=1S/C24H22N2O5/c1-15(2)24(29)31-19-6-4-5-17(13-19)20-14-18(9-10-25-20)26-23(28)12-16-7-8-21(27)22(11-16)30-3/h4-6,9-11,13-15,27H,12H2,1-3H3,(H,25,26,28). The number of anilines is 1. The minimum atomic E-state index is -0.314. The number of esters is 1. The lowest BCUT2D eigenvalue weighted by Gasteiger charge is -2.10. The van der Waals surface area contributed by atoms with E-state index in [0.29, 0.717) is 22.7 Å². The van der Waals surface area contributed by atoms with Crippen molar-refractivity contribution in [3.8, 4) is 28.5 Å². The first-order valence-corrected chi connectivity index (χ1v) is 9.63. The van der Waals surface area contributed by atoms with Crippen LogP contribution in [0.1, 0.15) is 19.4 Å². The van der Waals surface area contributed by atoms with Crippen LogP contribution in [0.25, 0.3) is 11.3 Å². The zero-order valence-electron chi connectivity index (χ0n) is 17.4. The second-order valence-electron chi connectivity index (χ2n) is 7.09. The lowest BCUT2D eigenvalue weighted by atomic mass is 10.1. The van der Waals surface area contributed by atoms with Gasteiger partial charge in [-0.3, -0.25) is 14.6 Å². The van der Waals surface area contributed by atoms with Gasteiger partial charge in [0.1, 0.15) is 5.75 Å². The highest BCUT2D eigenvalue weighted by Gasteiger charge is 2.12. The summed E-state index contributed by atoms with van der Waals surface area (Å²) < 4.78 is 10.4. The molecule has 0 aliphatic rings. The van der Waals surface area contributed by atoms with Crippen molar-refractivity contribution in [2.75, 3.05) is 12.4 Å². The highest BCUT2D eigenvalue weighted by atomic mass is 16.5. The Balaban J connectivity index is 1.72. The molecule has 3 aromatic rings. The Hall–Kier alpha value is -4.05. The van der Waals surface area contributed by atoms with Crippen molar-refractivity contribution in [2.45, 2.75) is 20.3 Å². The van der Waals surface area contributed by atoms with Crippen LogP contribution >= 0.6 is 0 Å². The van der Waals surface area contributed by atoms with E-state index in [1.54, 1.807) is 50.4 Å². The largest absolute Gasteiger partial charge is 0.498 e. The first kappa shape index (κ1) is 21.7. The van der Waals surface area contributed by atoms with Crippen LogP contribution in [0.15, 0.2) is 48.7 Å². The van der Waals surface area contributed by atoms with Gasteiger partial charge >= 0.3 is 5.97 Å². The maximum absolute atomic E-state index is 12.4. The van der Waals surface area contributed by atoms with E-state index in [-0.39, 0.29) is 35.7 Å². The second kappa shape index (κ2) is 9.63. The van der Waals surface area contributed by atoms with Crippen molar-refractivity contribution >= 4 is 17.6 Å². The molecule has 3 rings (SSSR count). The molecule has 1 aromatic heterocycles. The number of carbonyl (C=O) groups is 2. The van der Waals surface area contributed by atoms with Gasteiger partial charge in [-0.1, -0.05) is 32.0 Å². The number of ether oxygens (including phenoxy) is 2. The maximum atomic E-state index is 12.4. The molecule has 31 heavy (non-hydrogen) atoms. The van der Waals surface area contributed by atoms with E-state index in [9.17, 15) is 14.7 Å². The van der Waals surface area contributed by atoms with E-state index in [1.807, 2.05) is 6.07 Å². The second-order valence-corrected chi connectivity index (χ2v) is 7.09. The third-order valence-corrected chi connectivity index (χ3v) is 4.31. The molecule has 0 aliphatic heterocycles. The van der Waals surface area contributed by atoms with Gasteiger partial charge in [-0.25, -0.2) is 0 Å². The van der Waals surface area contributed by atoms with Gasteiger partial charge in [-0.15, -0.1) is 0 Å². The molecular weight excluding hydrogens is 396 g/mol. The highest BCUT2D eigenvalue weighted by molar-refractivity contribution is 5.92. The topological polar surface area (TPSA) is 97.8 Å². The molecule has 0 spiro atoms. The van der Waals surface area contributed by atoms with Crippen LogP contribution < -0.4 is 14.8 Å². The minimum absolute atomic E-state index is 0.0332. The molecule has 7 nitrogen and oxygen atoms in total. The van der Waals surface area contributed by atoms with Crippen LogP contribution in [0.3, 0.4) is 0 Å². The van der Waals surface area contributed by atoms with Gasteiger partial charge in [0, 0.05) is 23.0 Å². The number of carbonyl (C=O) groups excluding carboxylic acids is 2. The number of amides is 1. The number of pyridine rings is 1. The van der Waals surface area contributed by atoms with Crippen LogP contribution in [-0.2, 0) is 16.0 Å². The van der Waals surface area contributed by atoms with Gasteiger partial charge in [0.15, 0.2) is 5.75 Å². The molecule has 1 heterocycles. The number of nitrogens with one attached hydrogen (secondary N) is 1. The lowest BCUT2D eigenvalue weighted by molar-refractivity contribution is -0.137. The molecule has 0 unspecified atom stereocenters. The highest BCUT2D eigenvalue weighted by Crippen LogP contribution is 2.25. The van der Waals surface area contributed by atoms with Gasteiger partial charge in [0.2, 0.25) is 11.7 Å². The Morgan fingerprint density at radius 1 is 1.16 bits per heavy atom. The molecule has 0 saturated carbocycles. The van der Waals surface area contributed by atoms with E-state index in [0.717, 1.165) is 5.56 Å². The van der Waals surface area contributed by atoms with E-state index in [1.165, 1.54) is 13.2 Å². The van der Waals surface area contributed by atoms with Crippen molar-refractivity contribution in [1.29, 1.82) is 0 Å². The van der Waals surface area contributed by atoms with E-state index in [2.05, 4.69) is 22.4 Å². The van der Waals surface area contributed by atoms with Gasteiger partial charge in [0.25, 0.3) is 0 Å². The number of aromatic hydroxyl groups is 1. The first-order valence-electron chi connectivity index (χ1n) is 9.63. The van der Waals surface area contributed by atoms with Crippen molar-refractivity contribution in [3.63, 3.8) is 0 Å². The number of methoxy groups -OCH3 is 1. The van der Waals surface area contributed by atoms with Gasteiger partial charge in [-0.05, 0) is 36.4 Å². The van der Waals surface area contributed by atoms with Crippen LogP contribution in [0.2, 0.25) is 0 Å². The Bertz CT molecular complexity index is 1090. The quantitative estimate of drug-likeness (QED) is 0.447. The predicted molar refractivity (Wildman–Crippen MR) is 115 cm³/mol. The molecule has 0 saturated heterocycles. The summed E-state index contributed by atoms with van der Waals surface area (Å²) in [5, 5.41) is 12.4. The van der Waals surface area contributed by atoms with Crippen LogP contribution in [0, 0.1) is 18.1 Å². The van der Waals surface area contributed by atoms with Gasteiger partial charge in [-0.2, -0.15) is 0 Å². The summed E-state index contributed by atoms with van der Waals surface area (Å²) in [6, 6.07) is 17.2. The summed E-state index contributed by atoms with van der Waals surface area (Å²) in [7, 11) is 1.42. The van der Waals surface area contributed by atoms with Crippen molar-refractivity contribution in [2.24, 2.45) is 5.92 Å². The van der Waals surface area contributed by atoms with Crippen LogP contribution in [-0.4, -0.2) is 29.1 Å². The number of nitrogens with zero attached hydrogens (tertiary/aromatic N) is 1. The number of aromatic nitrogens is 1. The average Bonchev–Trinajstić information content (AvgIpc) is 2.75. The maximum Gasteiger partial charge on any atom is 0.313 e. The molecule has 0 radical (unpaired) electrons. The molecular formula is C24H22N2O5. The van der Waals surface area contributed by atoms with Crippen molar-refractivity contribution < 1.29 is 24.2 Å². The first-order chi connectivity index (χ1) is 14.9. The Morgan fingerprint density at radius 3 is 2.71 bits per heavy atom. The summed E-state index contributed by atoms with van der Waals surface area (Å²) in [5.41, 5.74) is 2.46. The fourth-order valence-electron chi connectivity index (χ4n) is 2.71. The number of hydrogen-bond donors (Lipinski definition) is 2. The average molecular weight is 418 g/mol. The molecule has 2 aromatic carbocycles. The van der Waals surface area contributed by atoms with Gasteiger partial charge < -0.3 is 19.9 Å². The number of hydrogen-bond acceptors (Lipinski definition) is 6. The van der Waals surface area contributed by atoms with Crippen LogP contribution in [0.4, 0.5) is 5.69 Å². The molecule has 158 valence electrons. The number of rotatable bonds is 7. The summed E-state index contributed by atoms with van der Waals surface area (Å²) in [6.45, 7) is 3.54. The molecule has 0 atom stereocenters. The summed E-state index contributed by atoms with van der Waals surface area (Å²) in [6.07, 6.45) is 1.62. The van der Waals surface area contributed by atoms with Crippen molar-refractivity contribution in [3.05, 3.63) is 66.4 Å². The fourth-order valence-corrected chi connectivity index (χ4v) is 2.71. The summed E-state index contributed by atoms with van der Waals surface area (Å²) >= 11 is 0. The third-order valence-electron chi connectivity index (χ3n) is 4.31. The Kier molecular flexibility index (Phi) is 6.73. The van der Waals surface area contributed by atoms with E-state index < -0.39 is 0 Å². The minimum Gasteiger partial charge on any atom is -0.498 e. The third kappa shape index (κ3) is 5.73.